The molecule has 0 unspecified atom stereocenters. The molecule has 0 fully saturated rings. The molecule has 30 heavy (non-hydrogen) atoms. The van der Waals surface area contributed by atoms with Crippen LogP contribution in [0.2, 0.25) is 0 Å². The topological polar surface area (TPSA) is 73.7 Å². The Bertz CT molecular complexity index is 917. The van der Waals surface area contributed by atoms with Crippen molar-refractivity contribution in [2.75, 3.05) is 6.61 Å². The Morgan fingerprint density at radius 2 is 1.43 bits per heavy atom. The van der Waals surface area contributed by atoms with Gasteiger partial charge in [-0.15, -0.1) is 0 Å². The van der Waals surface area contributed by atoms with Crippen LogP contribution in [0.5, 0.6) is 11.9 Å². The molecule has 1 aromatic heterocycles. The van der Waals surface area contributed by atoms with Gasteiger partial charge in [0, 0.05) is 12.8 Å². The second kappa shape index (κ2) is 10.2. The van der Waals surface area contributed by atoms with Crippen molar-refractivity contribution in [2.24, 2.45) is 5.41 Å². The monoisotopic (exact) mass is 406 g/mol. The molecule has 3 aromatic rings. The summed E-state index contributed by atoms with van der Waals surface area (Å²) in [5.41, 5.74) is 2.26. The fourth-order valence-corrected chi connectivity index (χ4v) is 2.58. The third kappa shape index (κ3) is 6.86. The van der Waals surface area contributed by atoms with Gasteiger partial charge in [0.2, 0.25) is 5.88 Å². The number of hydrogen-bond acceptors (Lipinski definition) is 6. The van der Waals surface area contributed by atoms with Gasteiger partial charge in [0.15, 0.2) is 0 Å². The van der Waals surface area contributed by atoms with Crippen LogP contribution in [-0.4, -0.2) is 28.7 Å². The molecule has 0 aliphatic heterocycles. The molecule has 2 aromatic carbocycles. The van der Waals surface area contributed by atoms with Gasteiger partial charge in [-0.2, -0.15) is 4.98 Å². The summed E-state index contributed by atoms with van der Waals surface area (Å²) in [4.78, 5) is 8.59. The molecule has 0 saturated carbocycles. The molecule has 0 atom stereocenters. The van der Waals surface area contributed by atoms with E-state index in [9.17, 15) is 5.02 Å². The summed E-state index contributed by atoms with van der Waals surface area (Å²) in [6.07, 6.45) is 1.49. The highest BCUT2D eigenvalue weighted by Crippen LogP contribution is 2.16. The first-order valence-electron chi connectivity index (χ1n) is 9.91. The smallest absolute Gasteiger partial charge is 0.473 e. The average molecular weight is 406 g/mol. The molecule has 7 heteroatoms. The van der Waals surface area contributed by atoms with Gasteiger partial charge in [-0.3, -0.25) is 0 Å². The fraction of sp³-hybridized carbons (Fsp3) is 0.304. The van der Waals surface area contributed by atoms with Crippen molar-refractivity contribution in [2.45, 2.75) is 34.0 Å². The van der Waals surface area contributed by atoms with Crippen LogP contribution in [0, 0.1) is 5.41 Å². The van der Waals surface area contributed by atoms with Gasteiger partial charge in [0.05, 0.1) is 5.46 Å². The van der Waals surface area contributed by atoms with E-state index in [-0.39, 0.29) is 17.3 Å². The Balaban J connectivity index is 1.75. The van der Waals surface area contributed by atoms with Crippen molar-refractivity contribution in [3.05, 3.63) is 78.0 Å². The van der Waals surface area contributed by atoms with Crippen LogP contribution < -0.4 is 14.9 Å². The Kier molecular flexibility index (Phi) is 7.44. The molecule has 0 aliphatic rings. The second-order valence-corrected chi connectivity index (χ2v) is 8.19. The summed E-state index contributed by atoms with van der Waals surface area (Å²) in [7, 11) is -1.20. The van der Waals surface area contributed by atoms with E-state index >= 15 is 0 Å². The molecule has 0 saturated heterocycles. The molecule has 3 rings (SSSR count). The fourth-order valence-electron chi connectivity index (χ4n) is 2.58. The highest BCUT2D eigenvalue weighted by molar-refractivity contribution is 6.60. The van der Waals surface area contributed by atoms with Crippen LogP contribution in [0.3, 0.4) is 0 Å². The Morgan fingerprint density at radius 1 is 0.867 bits per heavy atom. The predicted octanol–water partition coefficient (Wildman–Crippen LogP) is 3.38. The minimum atomic E-state index is -1.20. The number of aromatic nitrogens is 2. The first-order chi connectivity index (χ1) is 14.4. The van der Waals surface area contributed by atoms with Crippen molar-refractivity contribution in [3.63, 3.8) is 0 Å². The molecule has 6 nitrogen and oxygen atoms in total. The van der Waals surface area contributed by atoms with Crippen molar-refractivity contribution < 1.29 is 19.2 Å². The molecular weight excluding hydrogens is 379 g/mol. The Hall–Kier alpha value is -2.90. The average Bonchev–Trinajstić information content (AvgIpc) is 2.75. The van der Waals surface area contributed by atoms with Crippen molar-refractivity contribution in [3.8, 4) is 11.9 Å². The molecule has 0 aliphatic carbocycles. The quantitative estimate of drug-likeness (QED) is 0.550. The summed E-state index contributed by atoms with van der Waals surface area (Å²) in [5.74, 6) is 0.235. The zero-order chi connectivity index (χ0) is 21.4. The van der Waals surface area contributed by atoms with Crippen LogP contribution in [0.25, 0.3) is 0 Å². The van der Waals surface area contributed by atoms with Crippen molar-refractivity contribution in [1.29, 1.82) is 0 Å². The molecule has 156 valence electrons. The van der Waals surface area contributed by atoms with Crippen LogP contribution in [-0.2, 0) is 17.9 Å². The van der Waals surface area contributed by atoms with Gasteiger partial charge in [0.25, 0.3) is 0 Å². The van der Waals surface area contributed by atoms with Crippen LogP contribution >= 0.6 is 0 Å². The lowest BCUT2D eigenvalue weighted by molar-refractivity contribution is 0.173. The van der Waals surface area contributed by atoms with E-state index in [1.807, 2.05) is 81.4 Å². The number of rotatable bonds is 9. The zero-order valence-corrected chi connectivity index (χ0v) is 17.6. The van der Waals surface area contributed by atoms with E-state index in [0.29, 0.717) is 25.3 Å². The van der Waals surface area contributed by atoms with E-state index in [1.165, 1.54) is 6.20 Å². The van der Waals surface area contributed by atoms with Crippen LogP contribution in [0.1, 0.15) is 31.9 Å². The van der Waals surface area contributed by atoms with Gasteiger partial charge < -0.3 is 19.2 Å². The Morgan fingerprint density at radius 3 is 2.00 bits per heavy atom. The van der Waals surface area contributed by atoms with E-state index in [4.69, 9.17) is 14.1 Å². The molecule has 1 N–H and O–H groups in total. The van der Waals surface area contributed by atoms with Gasteiger partial charge in [0.1, 0.15) is 13.2 Å². The number of benzene rings is 2. The summed E-state index contributed by atoms with van der Waals surface area (Å²) in [6, 6.07) is 19.7. The SMILES string of the molecule is CC(C)(C)COB(O)c1cnc(OCc2ccccc2)nc1OCc1ccccc1. The van der Waals surface area contributed by atoms with E-state index in [2.05, 4.69) is 9.97 Å². The summed E-state index contributed by atoms with van der Waals surface area (Å²) >= 11 is 0. The molecule has 0 amide bonds. The largest absolute Gasteiger partial charge is 0.498 e. The molecule has 0 radical (unpaired) electrons. The molecule has 1 heterocycles. The van der Waals surface area contributed by atoms with E-state index < -0.39 is 7.12 Å². The first-order valence-corrected chi connectivity index (χ1v) is 9.91. The zero-order valence-electron chi connectivity index (χ0n) is 17.6. The first kappa shape index (κ1) is 21.8. The lowest BCUT2D eigenvalue weighted by Crippen LogP contribution is -2.38. The van der Waals surface area contributed by atoms with E-state index in [1.54, 1.807) is 0 Å². The minimum absolute atomic E-state index is 0.0916. The lowest BCUT2D eigenvalue weighted by Gasteiger charge is -2.20. The van der Waals surface area contributed by atoms with Crippen molar-refractivity contribution >= 4 is 12.6 Å². The number of nitrogens with zero attached hydrogens (tertiary/aromatic N) is 2. The van der Waals surface area contributed by atoms with Gasteiger partial charge in [-0.05, 0) is 16.5 Å². The van der Waals surface area contributed by atoms with Gasteiger partial charge in [-0.25, -0.2) is 4.98 Å². The normalized spacial score (nSPS) is 11.2. The van der Waals surface area contributed by atoms with Gasteiger partial charge >= 0.3 is 13.1 Å². The third-order valence-corrected chi connectivity index (χ3v) is 4.13. The number of ether oxygens (including phenoxy) is 2. The highest BCUT2D eigenvalue weighted by Gasteiger charge is 2.26. The van der Waals surface area contributed by atoms with E-state index in [0.717, 1.165) is 11.1 Å². The maximum Gasteiger partial charge on any atom is 0.498 e. The molecule has 0 bridgehead atoms. The number of hydrogen-bond donors (Lipinski definition) is 1. The standard InChI is InChI=1S/C23H27BN2O4/c1-23(2,3)17-30-24(27)20-14-25-22(29-16-19-12-8-5-9-13-19)26-21(20)28-15-18-10-6-4-7-11-18/h4-14,27H,15-17H2,1-3H3. The molecular formula is C23H27BN2O4. The maximum absolute atomic E-state index is 10.5. The predicted molar refractivity (Wildman–Crippen MR) is 117 cm³/mol. The maximum atomic E-state index is 10.5. The minimum Gasteiger partial charge on any atom is -0.473 e. The second-order valence-electron chi connectivity index (χ2n) is 8.19. The summed E-state index contributed by atoms with van der Waals surface area (Å²) in [6.45, 7) is 7.10. The lowest BCUT2D eigenvalue weighted by atomic mass is 9.80. The van der Waals surface area contributed by atoms with Crippen LogP contribution in [0.4, 0.5) is 0 Å². The summed E-state index contributed by atoms with van der Waals surface area (Å²) in [5, 5.41) is 10.5. The third-order valence-electron chi connectivity index (χ3n) is 4.13. The summed E-state index contributed by atoms with van der Waals surface area (Å²) < 4.78 is 17.2. The highest BCUT2D eigenvalue weighted by atomic mass is 16.5. The van der Waals surface area contributed by atoms with Crippen molar-refractivity contribution in [1.82, 2.24) is 9.97 Å². The molecule has 0 spiro atoms. The Labute approximate surface area is 178 Å². The van der Waals surface area contributed by atoms with Gasteiger partial charge in [-0.1, -0.05) is 81.4 Å². The van der Waals surface area contributed by atoms with Crippen LogP contribution in [0.15, 0.2) is 66.9 Å².